The third-order valence-electron chi connectivity index (χ3n) is 2.54. The Morgan fingerprint density at radius 3 is 2.12 bits per heavy atom. The van der Waals surface area contributed by atoms with Crippen molar-refractivity contribution in [2.75, 3.05) is 13.2 Å². The smallest absolute Gasteiger partial charge is 0.236 e. The van der Waals surface area contributed by atoms with Gasteiger partial charge in [-0.3, -0.25) is 4.79 Å². The summed E-state index contributed by atoms with van der Waals surface area (Å²) in [5, 5.41) is 15.1. The van der Waals surface area contributed by atoms with Crippen molar-refractivity contribution in [3.8, 4) is 0 Å². The molecular formula is C12H26N2O2. The van der Waals surface area contributed by atoms with E-state index < -0.39 is 0 Å². The van der Waals surface area contributed by atoms with Crippen molar-refractivity contribution in [2.45, 2.75) is 46.7 Å². The van der Waals surface area contributed by atoms with E-state index in [9.17, 15) is 4.79 Å². The SMILES string of the molecule is CC(C)CNC(=O)C(C)N[C@H](CO)C(C)C. The van der Waals surface area contributed by atoms with Crippen molar-refractivity contribution in [1.29, 1.82) is 0 Å². The molecule has 96 valence electrons. The molecule has 0 aliphatic heterocycles. The van der Waals surface area contributed by atoms with Gasteiger partial charge in [0, 0.05) is 12.6 Å². The zero-order valence-electron chi connectivity index (χ0n) is 11.1. The van der Waals surface area contributed by atoms with E-state index in [1.165, 1.54) is 0 Å². The first-order valence-corrected chi connectivity index (χ1v) is 6.03. The maximum atomic E-state index is 11.7. The second kappa shape index (κ2) is 7.63. The summed E-state index contributed by atoms with van der Waals surface area (Å²) in [6.45, 7) is 10.7. The number of carbonyl (C=O) groups excluding carboxylic acids is 1. The second-order valence-electron chi connectivity index (χ2n) is 5.06. The van der Waals surface area contributed by atoms with Crippen LogP contribution in [0.25, 0.3) is 0 Å². The number of hydrogen-bond acceptors (Lipinski definition) is 3. The van der Waals surface area contributed by atoms with Crippen LogP contribution in [0.3, 0.4) is 0 Å². The molecule has 4 heteroatoms. The van der Waals surface area contributed by atoms with Crippen molar-refractivity contribution in [1.82, 2.24) is 10.6 Å². The fourth-order valence-electron chi connectivity index (χ4n) is 1.31. The summed E-state index contributed by atoms with van der Waals surface area (Å²) in [4.78, 5) is 11.7. The second-order valence-corrected chi connectivity index (χ2v) is 5.06. The minimum absolute atomic E-state index is 0.00667. The molecule has 0 aliphatic carbocycles. The Labute approximate surface area is 98.8 Å². The highest BCUT2D eigenvalue weighted by molar-refractivity contribution is 5.81. The first-order valence-electron chi connectivity index (χ1n) is 6.03. The van der Waals surface area contributed by atoms with Gasteiger partial charge in [-0.15, -0.1) is 0 Å². The molecule has 1 amide bonds. The molecular weight excluding hydrogens is 204 g/mol. The Kier molecular flexibility index (Phi) is 7.34. The van der Waals surface area contributed by atoms with E-state index in [1.807, 2.05) is 20.8 Å². The lowest BCUT2D eigenvalue weighted by atomic mass is 10.0. The van der Waals surface area contributed by atoms with Crippen LogP contribution in [0.5, 0.6) is 0 Å². The van der Waals surface area contributed by atoms with Gasteiger partial charge in [-0.05, 0) is 18.8 Å². The highest BCUT2D eigenvalue weighted by Gasteiger charge is 2.19. The molecule has 0 saturated heterocycles. The number of hydrogen-bond donors (Lipinski definition) is 3. The third-order valence-corrected chi connectivity index (χ3v) is 2.54. The van der Waals surface area contributed by atoms with Gasteiger partial charge in [0.1, 0.15) is 0 Å². The van der Waals surface area contributed by atoms with E-state index >= 15 is 0 Å². The fraction of sp³-hybridized carbons (Fsp3) is 0.917. The van der Waals surface area contributed by atoms with E-state index in [0.29, 0.717) is 18.4 Å². The lowest BCUT2D eigenvalue weighted by molar-refractivity contribution is -0.123. The number of nitrogens with one attached hydrogen (secondary N) is 2. The third kappa shape index (κ3) is 6.08. The van der Waals surface area contributed by atoms with E-state index in [2.05, 4.69) is 24.5 Å². The lowest BCUT2D eigenvalue weighted by Gasteiger charge is -2.24. The topological polar surface area (TPSA) is 61.4 Å². The van der Waals surface area contributed by atoms with Crippen molar-refractivity contribution >= 4 is 5.91 Å². The normalized spacial score (nSPS) is 15.2. The molecule has 4 nitrogen and oxygen atoms in total. The molecule has 0 radical (unpaired) electrons. The molecule has 3 N–H and O–H groups in total. The predicted molar refractivity (Wildman–Crippen MR) is 66.2 cm³/mol. The van der Waals surface area contributed by atoms with Crippen LogP contribution >= 0.6 is 0 Å². The molecule has 0 aliphatic rings. The van der Waals surface area contributed by atoms with Crippen LogP contribution < -0.4 is 10.6 Å². The summed E-state index contributed by atoms with van der Waals surface area (Å²) in [6.07, 6.45) is 0. The van der Waals surface area contributed by atoms with Crippen molar-refractivity contribution in [2.24, 2.45) is 11.8 Å². The highest BCUT2D eigenvalue weighted by Crippen LogP contribution is 2.02. The first-order chi connectivity index (χ1) is 7.38. The molecule has 0 bridgehead atoms. The van der Waals surface area contributed by atoms with Gasteiger partial charge in [0.2, 0.25) is 5.91 Å². The molecule has 0 heterocycles. The molecule has 0 spiro atoms. The molecule has 0 saturated carbocycles. The highest BCUT2D eigenvalue weighted by atomic mass is 16.3. The zero-order chi connectivity index (χ0) is 12.7. The van der Waals surface area contributed by atoms with Crippen molar-refractivity contribution in [3.63, 3.8) is 0 Å². The van der Waals surface area contributed by atoms with Crippen molar-refractivity contribution in [3.05, 3.63) is 0 Å². The Balaban J connectivity index is 4.03. The predicted octanol–water partition coefficient (Wildman–Crippen LogP) is 0.754. The van der Waals surface area contributed by atoms with E-state index in [0.717, 1.165) is 0 Å². The number of amides is 1. The van der Waals surface area contributed by atoms with Crippen LogP contribution in [0.1, 0.15) is 34.6 Å². The summed E-state index contributed by atoms with van der Waals surface area (Å²) in [7, 11) is 0. The van der Waals surface area contributed by atoms with Gasteiger partial charge in [0.15, 0.2) is 0 Å². The molecule has 1 unspecified atom stereocenters. The molecule has 2 atom stereocenters. The average molecular weight is 230 g/mol. The molecule has 16 heavy (non-hydrogen) atoms. The van der Waals surface area contributed by atoms with Crippen molar-refractivity contribution < 1.29 is 9.90 Å². The summed E-state index contributed by atoms with van der Waals surface area (Å²) in [5.41, 5.74) is 0. The van der Waals surface area contributed by atoms with Gasteiger partial charge >= 0.3 is 0 Å². The summed E-state index contributed by atoms with van der Waals surface area (Å²) >= 11 is 0. The summed E-state index contributed by atoms with van der Waals surface area (Å²) < 4.78 is 0. The van der Waals surface area contributed by atoms with Crippen LogP contribution in [0, 0.1) is 11.8 Å². The van der Waals surface area contributed by atoms with Gasteiger partial charge in [0.25, 0.3) is 0 Å². The molecule has 0 aromatic rings. The van der Waals surface area contributed by atoms with E-state index in [-0.39, 0.29) is 24.6 Å². The minimum atomic E-state index is -0.265. The number of aliphatic hydroxyl groups is 1. The molecule has 0 fully saturated rings. The van der Waals surface area contributed by atoms with Gasteiger partial charge in [0.05, 0.1) is 12.6 Å². The van der Waals surface area contributed by atoms with Gasteiger partial charge in [-0.1, -0.05) is 27.7 Å². The van der Waals surface area contributed by atoms with Crippen LogP contribution in [0.4, 0.5) is 0 Å². The maximum Gasteiger partial charge on any atom is 0.236 e. The Morgan fingerprint density at radius 1 is 1.19 bits per heavy atom. The van der Waals surface area contributed by atoms with Crippen LogP contribution in [-0.2, 0) is 4.79 Å². The minimum Gasteiger partial charge on any atom is -0.395 e. The molecule has 0 aromatic carbocycles. The summed E-state index contributed by atoms with van der Waals surface area (Å²) in [5.74, 6) is 0.757. The number of aliphatic hydroxyl groups excluding tert-OH is 1. The fourth-order valence-corrected chi connectivity index (χ4v) is 1.31. The maximum absolute atomic E-state index is 11.7. The zero-order valence-corrected chi connectivity index (χ0v) is 11.1. The first kappa shape index (κ1) is 15.4. The molecule has 0 aromatic heterocycles. The van der Waals surface area contributed by atoms with Crippen LogP contribution in [0.2, 0.25) is 0 Å². The Morgan fingerprint density at radius 2 is 1.75 bits per heavy atom. The standard InChI is InChI=1S/C12H26N2O2/c1-8(2)6-13-12(16)10(5)14-11(7-15)9(3)4/h8-11,14-15H,6-7H2,1-5H3,(H,13,16)/t10?,11-/m1/s1. The Hall–Kier alpha value is -0.610. The van der Waals surface area contributed by atoms with Gasteiger partial charge in [-0.25, -0.2) is 0 Å². The lowest BCUT2D eigenvalue weighted by Crippen LogP contribution is -2.50. The van der Waals surface area contributed by atoms with E-state index in [4.69, 9.17) is 5.11 Å². The number of rotatable bonds is 7. The summed E-state index contributed by atoms with van der Waals surface area (Å²) in [6, 6.07) is -0.293. The van der Waals surface area contributed by atoms with Crippen LogP contribution in [0.15, 0.2) is 0 Å². The van der Waals surface area contributed by atoms with Gasteiger partial charge < -0.3 is 15.7 Å². The number of carbonyl (C=O) groups is 1. The average Bonchev–Trinajstić information content (AvgIpc) is 2.21. The molecule has 0 rings (SSSR count). The monoisotopic (exact) mass is 230 g/mol. The quantitative estimate of drug-likeness (QED) is 0.605. The Bertz CT molecular complexity index is 205. The van der Waals surface area contributed by atoms with Gasteiger partial charge in [-0.2, -0.15) is 0 Å². The largest absolute Gasteiger partial charge is 0.395 e. The van der Waals surface area contributed by atoms with E-state index in [1.54, 1.807) is 0 Å². The van der Waals surface area contributed by atoms with Crippen LogP contribution in [-0.4, -0.2) is 36.2 Å².